The van der Waals surface area contributed by atoms with Crippen LogP contribution >= 0.6 is 11.8 Å². The Balaban J connectivity index is 2.17. The van der Waals surface area contributed by atoms with E-state index in [4.69, 9.17) is 11.0 Å². The maximum atomic E-state index is 8.88. The number of nitrogen functional groups attached to an aromatic ring is 1. The molecule has 0 saturated carbocycles. The lowest BCUT2D eigenvalue weighted by molar-refractivity contribution is 0.433. The van der Waals surface area contributed by atoms with Crippen LogP contribution in [0.4, 0.5) is 5.69 Å². The number of nitriles is 1. The summed E-state index contributed by atoms with van der Waals surface area (Å²) in [5.74, 6) is 1.04. The molecule has 0 bridgehead atoms. The van der Waals surface area contributed by atoms with Gasteiger partial charge in [-0.05, 0) is 44.6 Å². The van der Waals surface area contributed by atoms with Gasteiger partial charge in [0.05, 0.1) is 28.4 Å². The Morgan fingerprint density at radius 3 is 2.76 bits per heavy atom. The van der Waals surface area contributed by atoms with Crippen LogP contribution in [-0.2, 0) is 0 Å². The predicted molar refractivity (Wildman–Crippen MR) is 72.6 cm³/mol. The van der Waals surface area contributed by atoms with E-state index >= 15 is 0 Å². The Kier molecular flexibility index (Phi) is 5.30. The van der Waals surface area contributed by atoms with Gasteiger partial charge in [-0.3, -0.25) is 0 Å². The first-order valence-corrected chi connectivity index (χ1v) is 6.78. The molecule has 1 heterocycles. The SMILES string of the molecule is CC(C)(C#N)CCCCSc1ccc(N)cn1. The Hall–Kier alpha value is -1.21. The van der Waals surface area contributed by atoms with Gasteiger partial charge in [0.15, 0.2) is 0 Å². The molecule has 0 unspecified atom stereocenters. The van der Waals surface area contributed by atoms with Crippen molar-refractivity contribution >= 4 is 17.4 Å². The van der Waals surface area contributed by atoms with Crippen LogP contribution in [0.3, 0.4) is 0 Å². The fourth-order valence-corrected chi connectivity index (χ4v) is 2.23. The summed E-state index contributed by atoms with van der Waals surface area (Å²) in [6, 6.07) is 6.14. The molecule has 1 aromatic heterocycles. The third-order valence-electron chi connectivity index (χ3n) is 2.51. The number of aromatic nitrogens is 1. The maximum Gasteiger partial charge on any atom is 0.0961 e. The third-order valence-corrected chi connectivity index (χ3v) is 3.54. The zero-order valence-corrected chi connectivity index (χ0v) is 11.3. The summed E-state index contributed by atoms with van der Waals surface area (Å²) >= 11 is 1.74. The fourth-order valence-electron chi connectivity index (χ4n) is 1.38. The molecule has 2 N–H and O–H groups in total. The highest BCUT2D eigenvalue weighted by atomic mass is 32.2. The minimum atomic E-state index is -0.190. The van der Waals surface area contributed by atoms with Crippen molar-refractivity contribution in [1.82, 2.24) is 4.98 Å². The van der Waals surface area contributed by atoms with Crippen molar-refractivity contribution in [3.8, 4) is 6.07 Å². The summed E-state index contributed by atoms with van der Waals surface area (Å²) in [4.78, 5) is 4.23. The Labute approximate surface area is 107 Å². The molecule has 0 aliphatic heterocycles. The lowest BCUT2D eigenvalue weighted by atomic mass is 9.89. The molecule has 1 rings (SSSR count). The van der Waals surface area contributed by atoms with Crippen LogP contribution in [0, 0.1) is 16.7 Å². The van der Waals surface area contributed by atoms with Crippen molar-refractivity contribution in [2.24, 2.45) is 5.41 Å². The van der Waals surface area contributed by atoms with Crippen LogP contribution in [0.5, 0.6) is 0 Å². The van der Waals surface area contributed by atoms with E-state index < -0.39 is 0 Å². The van der Waals surface area contributed by atoms with Crippen LogP contribution in [0.1, 0.15) is 33.1 Å². The van der Waals surface area contributed by atoms with Gasteiger partial charge in [-0.15, -0.1) is 11.8 Å². The lowest BCUT2D eigenvalue weighted by Gasteiger charge is -2.13. The van der Waals surface area contributed by atoms with Crippen molar-refractivity contribution in [2.45, 2.75) is 38.1 Å². The summed E-state index contributed by atoms with van der Waals surface area (Å²) in [6.07, 6.45) is 4.84. The molecule has 0 aliphatic rings. The first kappa shape index (κ1) is 13.9. The number of nitrogens with zero attached hydrogens (tertiary/aromatic N) is 2. The van der Waals surface area contributed by atoms with Gasteiger partial charge >= 0.3 is 0 Å². The van der Waals surface area contributed by atoms with Crippen LogP contribution in [-0.4, -0.2) is 10.7 Å². The first-order valence-electron chi connectivity index (χ1n) is 5.79. The zero-order chi connectivity index (χ0) is 12.7. The second kappa shape index (κ2) is 6.51. The molecule has 0 fully saturated rings. The van der Waals surface area contributed by atoms with Crippen molar-refractivity contribution in [3.63, 3.8) is 0 Å². The molecule has 4 heteroatoms. The van der Waals surface area contributed by atoms with E-state index in [-0.39, 0.29) is 5.41 Å². The van der Waals surface area contributed by atoms with E-state index in [2.05, 4.69) is 11.1 Å². The molecule has 1 aromatic rings. The zero-order valence-electron chi connectivity index (χ0n) is 10.4. The largest absolute Gasteiger partial charge is 0.397 e. The van der Waals surface area contributed by atoms with Gasteiger partial charge in [-0.2, -0.15) is 5.26 Å². The second-order valence-corrected chi connectivity index (χ2v) is 5.85. The number of hydrogen-bond donors (Lipinski definition) is 1. The summed E-state index contributed by atoms with van der Waals surface area (Å²) in [5.41, 5.74) is 6.07. The number of anilines is 1. The van der Waals surface area contributed by atoms with Gasteiger partial charge in [0.1, 0.15) is 0 Å². The Morgan fingerprint density at radius 2 is 2.18 bits per heavy atom. The highest BCUT2D eigenvalue weighted by Crippen LogP contribution is 2.23. The van der Waals surface area contributed by atoms with Crippen LogP contribution < -0.4 is 5.73 Å². The minimum absolute atomic E-state index is 0.190. The molecule has 0 amide bonds. The average molecular weight is 249 g/mol. The van der Waals surface area contributed by atoms with Crippen LogP contribution in [0.15, 0.2) is 23.4 Å². The van der Waals surface area contributed by atoms with E-state index in [0.29, 0.717) is 5.69 Å². The summed E-state index contributed by atoms with van der Waals surface area (Å²) in [7, 11) is 0. The minimum Gasteiger partial charge on any atom is -0.397 e. The summed E-state index contributed by atoms with van der Waals surface area (Å²) < 4.78 is 0. The van der Waals surface area contributed by atoms with E-state index in [0.717, 1.165) is 30.0 Å². The molecule has 0 aromatic carbocycles. The number of rotatable bonds is 6. The van der Waals surface area contributed by atoms with Gasteiger partial charge in [0.2, 0.25) is 0 Å². The van der Waals surface area contributed by atoms with Gasteiger partial charge in [-0.1, -0.05) is 6.42 Å². The highest BCUT2D eigenvalue weighted by Gasteiger charge is 2.15. The van der Waals surface area contributed by atoms with E-state index in [9.17, 15) is 0 Å². The lowest BCUT2D eigenvalue weighted by Crippen LogP contribution is -2.07. The molecule has 0 atom stereocenters. The molecular weight excluding hydrogens is 230 g/mol. The van der Waals surface area contributed by atoms with Crippen molar-refractivity contribution in [3.05, 3.63) is 18.3 Å². The summed E-state index contributed by atoms with van der Waals surface area (Å²) in [5, 5.41) is 9.89. The molecule has 0 spiro atoms. The predicted octanol–water partition coefficient (Wildman–Crippen LogP) is 3.48. The number of pyridine rings is 1. The topological polar surface area (TPSA) is 62.7 Å². The fraction of sp³-hybridized carbons (Fsp3) is 0.538. The molecule has 0 aliphatic carbocycles. The van der Waals surface area contributed by atoms with Crippen molar-refractivity contribution in [1.29, 1.82) is 5.26 Å². The van der Waals surface area contributed by atoms with Gasteiger partial charge < -0.3 is 5.73 Å². The third kappa shape index (κ3) is 5.60. The number of thioether (sulfide) groups is 1. The van der Waals surface area contributed by atoms with Gasteiger partial charge in [0, 0.05) is 0 Å². The smallest absolute Gasteiger partial charge is 0.0961 e. The van der Waals surface area contributed by atoms with E-state index in [1.54, 1.807) is 18.0 Å². The normalized spacial score (nSPS) is 11.1. The summed E-state index contributed by atoms with van der Waals surface area (Å²) in [6.45, 7) is 3.98. The molecule has 17 heavy (non-hydrogen) atoms. The van der Waals surface area contributed by atoms with Crippen LogP contribution in [0.2, 0.25) is 0 Å². The van der Waals surface area contributed by atoms with Crippen LogP contribution in [0.25, 0.3) is 0 Å². The van der Waals surface area contributed by atoms with Crippen molar-refractivity contribution < 1.29 is 0 Å². The Bertz CT molecular complexity index is 379. The number of nitrogens with two attached hydrogens (primary N) is 1. The first-order chi connectivity index (χ1) is 8.03. The standard InChI is InChI=1S/C13H19N3S/c1-13(2,10-14)7-3-4-8-17-12-6-5-11(15)9-16-12/h5-6,9H,3-4,7-8,15H2,1-2H3. The molecule has 3 nitrogen and oxygen atoms in total. The monoisotopic (exact) mass is 249 g/mol. The number of hydrogen-bond acceptors (Lipinski definition) is 4. The average Bonchev–Trinajstić information content (AvgIpc) is 2.31. The molecule has 0 radical (unpaired) electrons. The van der Waals surface area contributed by atoms with Gasteiger partial charge in [0.25, 0.3) is 0 Å². The van der Waals surface area contributed by atoms with Gasteiger partial charge in [-0.25, -0.2) is 4.98 Å². The maximum absolute atomic E-state index is 8.88. The highest BCUT2D eigenvalue weighted by molar-refractivity contribution is 7.99. The van der Waals surface area contributed by atoms with E-state index in [1.165, 1.54) is 0 Å². The molecule has 0 saturated heterocycles. The molecular formula is C13H19N3S. The second-order valence-electron chi connectivity index (χ2n) is 4.73. The molecule has 92 valence electrons. The number of unbranched alkanes of at least 4 members (excludes halogenated alkanes) is 1. The van der Waals surface area contributed by atoms with Crippen molar-refractivity contribution in [2.75, 3.05) is 11.5 Å². The Morgan fingerprint density at radius 1 is 1.41 bits per heavy atom. The van der Waals surface area contributed by atoms with E-state index in [1.807, 2.05) is 26.0 Å². The quantitative estimate of drug-likeness (QED) is 0.619.